The summed E-state index contributed by atoms with van der Waals surface area (Å²) in [4.78, 5) is 105. The minimum Gasteiger partial charge on any atom is -0.356 e. The van der Waals surface area contributed by atoms with E-state index in [2.05, 4.69) is 41.8 Å². The van der Waals surface area contributed by atoms with E-state index in [1.165, 1.54) is 25.5 Å². The van der Waals surface area contributed by atoms with Gasteiger partial charge in [0.25, 0.3) is 0 Å². The molecule has 0 spiro atoms. The summed E-state index contributed by atoms with van der Waals surface area (Å²) in [5.41, 5.74) is 2.98. The fraction of sp³-hybridized carbons (Fsp3) is 0.639. The monoisotopic (exact) mass is 821 g/mol. The van der Waals surface area contributed by atoms with Crippen LogP contribution >= 0.6 is 0 Å². The van der Waals surface area contributed by atoms with Gasteiger partial charge in [-0.3, -0.25) is 64.5 Å². The van der Waals surface area contributed by atoms with Crippen molar-refractivity contribution in [3.63, 3.8) is 0 Å². The van der Waals surface area contributed by atoms with Gasteiger partial charge in [-0.2, -0.15) is 5.10 Å². The van der Waals surface area contributed by atoms with Crippen LogP contribution in [0.4, 0.5) is 4.79 Å². The zero-order valence-electron chi connectivity index (χ0n) is 33.5. The van der Waals surface area contributed by atoms with Gasteiger partial charge in [0.2, 0.25) is 41.4 Å². The van der Waals surface area contributed by atoms with Gasteiger partial charge in [-0.1, -0.05) is 13.3 Å². The van der Waals surface area contributed by atoms with Gasteiger partial charge < -0.3 is 16.0 Å². The number of hydrazone groups is 1. The lowest BCUT2D eigenvalue weighted by Crippen LogP contribution is -2.49. The number of nitrogens with zero attached hydrogens (tertiary/aromatic N) is 6. The predicted octanol–water partition coefficient (Wildman–Crippen LogP) is 1.25. The highest BCUT2D eigenvalue weighted by Gasteiger charge is 2.25. The number of hydrogen-bond donors (Lipinski definition) is 8. The number of carbonyl (C=O) groups is 8. The second-order valence-electron chi connectivity index (χ2n) is 13.2. The average molecular weight is 822 g/mol. The highest BCUT2D eigenvalue weighted by atomic mass is 16.5. The molecule has 0 aromatic carbocycles. The number of amides is 9. The van der Waals surface area contributed by atoms with Gasteiger partial charge in [-0.15, -0.1) is 0 Å². The molecule has 0 aliphatic carbocycles. The summed E-state index contributed by atoms with van der Waals surface area (Å²) in [5, 5.41) is 45.2. The molecule has 324 valence electrons. The summed E-state index contributed by atoms with van der Waals surface area (Å²) in [6, 6.07) is -0.867. The summed E-state index contributed by atoms with van der Waals surface area (Å²) in [5.74, 6) is -4.04. The Labute approximate surface area is 337 Å². The first kappa shape index (κ1) is 50.4. The summed E-state index contributed by atoms with van der Waals surface area (Å²) >= 11 is 0. The smallest absolute Gasteiger partial charge is 0.341 e. The van der Waals surface area contributed by atoms with E-state index in [0.29, 0.717) is 84.5 Å². The third kappa shape index (κ3) is 23.5. The zero-order chi connectivity index (χ0) is 43.3. The number of carbonyl (C=O) groups excluding carboxylic acids is 8. The third-order valence-corrected chi connectivity index (χ3v) is 8.32. The van der Waals surface area contributed by atoms with Gasteiger partial charge in [0.15, 0.2) is 0 Å². The lowest BCUT2D eigenvalue weighted by atomic mass is 10.1. The number of nitrogens with one attached hydrogen (secondary N) is 5. The maximum absolute atomic E-state index is 12.6. The van der Waals surface area contributed by atoms with Crippen LogP contribution < -0.4 is 26.7 Å². The Balaban J connectivity index is 2.26. The quantitative estimate of drug-likeness (QED) is 0.0194. The minimum atomic E-state index is -1.08. The number of rotatable bonds is 28. The van der Waals surface area contributed by atoms with Gasteiger partial charge in [0.05, 0.1) is 11.9 Å². The van der Waals surface area contributed by atoms with Crippen molar-refractivity contribution in [1.29, 1.82) is 0 Å². The second-order valence-corrected chi connectivity index (χ2v) is 13.2. The maximum Gasteiger partial charge on any atom is 0.341 e. The molecule has 1 aromatic rings. The first-order valence-corrected chi connectivity index (χ1v) is 19.3. The standard InChI is InChI=1S/C36H59N11O11/c1-4-5-12-29(47(58)35(54)18-15-31(50)40-20-8-6-10-23-45(56)27(3)48)41-32(51)16-17-34(53)46(57)24-11-7-9-19-39-30(49)13-14-33(52)42-36(55)44-43-26(2)28-25-37-21-22-38-28/h21-22,25,29,56-58H,4-20,23-24H2,1-3H3,(H,39,49)(H,40,50)(H,41,51)(H2,42,44,52,55)/b43-26+. The number of unbranched alkanes of at least 4 members (excludes halogenated alkanes) is 5. The average Bonchev–Trinajstić information content (AvgIpc) is 3.20. The Morgan fingerprint density at radius 3 is 1.84 bits per heavy atom. The van der Waals surface area contributed by atoms with E-state index in [0.717, 1.165) is 0 Å². The lowest BCUT2D eigenvalue weighted by molar-refractivity contribution is -0.181. The van der Waals surface area contributed by atoms with E-state index in [4.69, 9.17) is 0 Å². The molecule has 9 amide bonds. The van der Waals surface area contributed by atoms with Crippen molar-refractivity contribution in [3.8, 4) is 0 Å². The molecule has 0 saturated heterocycles. The van der Waals surface area contributed by atoms with Crippen LogP contribution in [0.3, 0.4) is 0 Å². The Morgan fingerprint density at radius 2 is 1.26 bits per heavy atom. The van der Waals surface area contributed by atoms with Gasteiger partial charge in [-0.25, -0.2) is 25.4 Å². The molecule has 1 aromatic heterocycles. The third-order valence-electron chi connectivity index (χ3n) is 8.32. The molecule has 22 nitrogen and oxygen atoms in total. The van der Waals surface area contributed by atoms with Crippen molar-refractivity contribution in [2.24, 2.45) is 5.10 Å². The van der Waals surface area contributed by atoms with Crippen LogP contribution in [0.1, 0.15) is 123 Å². The number of aromatic nitrogens is 2. The normalized spacial score (nSPS) is 11.4. The van der Waals surface area contributed by atoms with Crippen LogP contribution in [-0.4, -0.2) is 126 Å². The minimum absolute atomic E-state index is 0.0197. The molecule has 0 fully saturated rings. The van der Waals surface area contributed by atoms with Gasteiger partial charge >= 0.3 is 6.03 Å². The van der Waals surface area contributed by atoms with Crippen molar-refractivity contribution in [2.75, 3.05) is 26.2 Å². The first-order valence-electron chi connectivity index (χ1n) is 19.3. The van der Waals surface area contributed by atoms with Crippen molar-refractivity contribution in [1.82, 2.24) is 51.9 Å². The van der Waals surface area contributed by atoms with E-state index in [1.54, 1.807) is 6.92 Å². The Morgan fingerprint density at radius 1 is 0.690 bits per heavy atom. The summed E-state index contributed by atoms with van der Waals surface area (Å²) in [7, 11) is 0. The summed E-state index contributed by atoms with van der Waals surface area (Å²) in [6.07, 6.45) is 6.52. The van der Waals surface area contributed by atoms with E-state index in [-0.39, 0.29) is 64.6 Å². The topological polar surface area (TPSA) is 305 Å². The van der Waals surface area contributed by atoms with Crippen molar-refractivity contribution in [3.05, 3.63) is 24.3 Å². The summed E-state index contributed by atoms with van der Waals surface area (Å²) < 4.78 is 0. The zero-order valence-corrected chi connectivity index (χ0v) is 33.5. The van der Waals surface area contributed by atoms with E-state index >= 15 is 0 Å². The SMILES string of the molecule is CCCCC(NC(=O)CCC(=O)N(O)CCCCCNC(=O)CCC(=O)NC(=O)N/N=C(\C)c1cnccn1)N(O)C(=O)CCC(=O)NCCCCCN(O)C(C)=O. The Hall–Kier alpha value is -5.61. The first-order chi connectivity index (χ1) is 27.6. The molecule has 1 rings (SSSR count). The van der Waals surface area contributed by atoms with Crippen LogP contribution in [0.2, 0.25) is 0 Å². The second kappa shape index (κ2) is 29.6. The van der Waals surface area contributed by atoms with Gasteiger partial charge in [-0.05, 0) is 58.3 Å². The molecule has 8 N–H and O–H groups in total. The molecule has 0 aliphatic rings. The largest absolute Gasteiger partial charge is 0.356 e. The number of hydrogen-bond acceptors (Lipinski definition) is 14. The van der Waals surface area contributed by atoms with Crippen LogP contribution in [0.5, 0.6) is 0 Å². The van der Waals surface area contributed by atoms with Crippen LogP contribution in [-0.2, 0) is 33.6 Å². The molecule has 0 saturated carbocycles. The molecule has 58 heavy (non-hydrogen) atoms. The Bertz CT molecular complexity index is 1520. The van der Waals surface area contributed by atoms with Crippen LogP contribution in [0.15, 0.2) is 23.7 Å². The van der Waals surface area contributed by atoms with Gasteiger partial charge in [0.1, 0.15) is 11.9 Å². The van der Waals surface area contributed by atoms with Crippen molar-refractivity contribution in [2.45, 2.75) is 123 Å². The maximum atomic E-state index is 12.6. The molecule has 0 aliphatic heterocycles. The lowest BCUT2D eigenvalue weighted by Gasteiger charge is -2.27. The molecule has 0 bridgehead atoms. The molecule has 1 unspecified atom stereocenters. The highest BCUT2D eigenvalue weighted by molar-refractivity contribution is 5.99. The fourth-order valence-corrected chi connectivity index (χ4v) is 4.93. The number of hydroxylamine groups is 6. The predicted molar refractivity (Wildman–Crippen MR) is 205 cm³/mol. The van der Waals surface area contributed by atoms with E-state index in [9.17, 15) is 54.0 Å². The van der Waals surface area contributed by atoms with E-state index in [1.807, 2.05) is 6.92 Å². The van der Waals surface area contributed by atoms with E-state index < -0.39 is 53.5 Å². The van der Waals surface area contributed by atoms with Crippen molar-refractivity contribution >= 4 is 53.1 Å². The van der Waals surface area contributed by atoms with Crippen LogP contribution in [0.25, 0.3) is 0 Å². The van der Waals surface area contributed by atoms with Crippen LogP contribution in [0, 0.1) is 0 Å². The molecule has 1 atom stereocenters. The highest BCUT2D eigenvalue weighted by Crippen LogP contribution is 2.09. The summed E-state index contributed by atoms with van der Waals surface area (Å²) in [6.45, 7) is 5.52. The fourth-order valence-electron chi connectivity index (χ4n) is 4.93. The molecule has 0 radical (unpaired) electrons. The van der Waals surface area contributed by atoms with Gasteiger partial charge in [0, 0.05) is 84.0 Å². The molecule has 1 heterocycles. The number of urea groups is 1. The molecular formula is C36H59N11O11. The number of imide groups is 1. The molecule has 22 heteroatoms. The molecular weight excluding hydrogens is 762 g/mol. The van der Waals surface area contributed by atoms with Crippen molar-refractivity contribution < 1.29 is 54.0 Å². The Kier molecular flexibility index (Phi) is 25.7.